The van der Waals surface area contributed by atoms with Crippen molar-refractivity contribution in [3.8, 4) is 11.8 Å². The van der Waals surface area contributed by atoms with Gasteiger partial charge in [-0.25, -0.2) is 14.8 Å². The summed E-state index contributed by atoms with van der Waals surface area (Å²) < 4.78 is 8.85. The van der Waals surface area contributed by atoms with E-state index in [4.69, 9.17) is 15.5 Å². The Kier molecular flexibility index (Phi) is 6.93. The highest BCUT2D eigenvalue weighted by atomic mass is 16.5. The predicted molar refractivity (Wildman–Crippen MR) is 142 cm³/mol. The van der Waals surface area contributed by atoms with Gasteiger partial charge in [-0.15, -0.1) is 5.92 Å². The Morgan fingerprint density at radius 1 is 1.24 bits per heavy atom. The van der Waals surface area contributed by atoms with Gasteiger partial charge in [-0.05, 0) is 31.4 Å². The van der Waals surface area contributed by atoms with Gasteiger partial charge in [0.2, 0.25) is 5.95 Å². The molecule has 1 aromatic carbocycles. The van der Waals surface area contributed by atoms with Crippen LogP contribution in [0.25, 0.3) is 22.1 Å². The molecule has 0 bridgehead atoms. The van der Waals surface area contributed by atoms with Crippen LogP contribution in [0.4, 0.5) is 5.95 Å². The Morgan fingerprint density at radius 3 is 2.84 bits per heavy atom. The molecule has 0 aliphatic carbocycles. The molecule has 5 rings (SSSR count). The first-order valence-corrected chi connectivity index (χ1v) is 12.3. The SMILES string of the molecule is CC#CCn1c(N2CCCC(N)C2)nc2c1c(=O)n(Cc1ccc3cncnc3c1)c(=O)n2CC(=O)OC. The van der Waals surface area contributed by atoms with E-state index >= 15 is 0 Å². The lowest BCUT2D eigenvalue weighted by Gasteiger charge is -2.31. The molecule has 38 heavy (non-hydrogen) atoms. The van der Waals surface area contributed by atoms with E-state index in [1.807, 2.05) is 17.0 Å². The number of esters is 1. The zero-order valence-corrected chi connectivity index (χ0v) is 21.3. The summed E-state index contributed by atoms with van der Waals surface area (Å²) in [6.07, 6.45) is 4.89. The van der Waals surface area contributed by atoms with Crippen molar-refractivity contribution < 1.29 is 9.53 Å². The molecule has 2 N–H and O–H groups in total. The summed E-state index contributed by atoms with van der Waals surface area (Å²) in [5.41, 5.74) is 6.73. The molecular weight excluding hydrogens is 488 g/mol. The zero-order chi connectivity index (χ0) is 26.8. The van der Waals surface area contributed by atoms with Crippen molar-refractivity contribution in [2.45, 2.75) is 45.4 Å². The second-order valence-electron chi connectivity index (χ2n) is 9.20. The fourth-order valence-electron chi connectivity index (χ4n) is 4.80. The van der Waals surface area contributed by atoms with Crippen molar-refractivity contribution in [2.24, 2.45) is 5.73 Å². The van der Waals surface area contributed by atoms with Crippen LogP contribution in [0.3, 0.4) is 0 Å². The standard InChI is InChI=1S/C26H28N8O4/c1-3-4-10-32-22-23(30-25(32)31-9-5-6-19(27)14-31)33(15-21(35)38-2)26(37)34(24(22)36)13-17-7-8-18-12-28-16-29-20(18)11-17/h7-8,11-12,16,19H,5-6,9-10,13-15,27H2,1-2H3. The number of nitrogens with zero attached hydrogens (tertiary/aromatic N) is 7. The summed E-state index contributed by atoms with van der Waals surface area (Å²) >= 11 is 0. The largest absolute Gasteiger partial charge is 0.468 e. The van der Waals surface area contributed by atoms with Crippen molar-refractivity contribution in [1.29, 1.82) is 0 Å². The maximum atomic E-state index is 13.9. The van der Waals surface area contributed by atoms with Crippen LogP contribution in [0.2, 0.25) is 0 Å². The molecule has 0 radical (unpaired) electrons. The highest BCUT2D eigenvalue weighted by Gasteiger charge is 2.27. The number of hydrogen-bond donors (Lipinski definition) is 1. The van der Waals surface area contributed by atoms with Gasteiger partial charge in [0, 0.05) is 30.7 Å². The molecule has 1 unspecified atom stereocenters. The number of piperidine rings is 1. The first-order valence-electron chi connectivity index (χ1n) is 12.3. The number of carbonyl (C=O) groups excluding carboxylic acids is 1. The first-order chi connectivity index (χ1) is 18.4. The average Bonchev–Trinajstić information content (AvgIpc) is 3.31. The third-order valence-corrected chi connectivity index (χ3v) is 6.68. The number of benzene rings is 1. The van der Waals surface area contributed by atoms with E-state index in [9.17, 15) is 14.4 Å². The summed E-state index contributed by atoms with van der Waals surface area (Å²) in [4.78, 5) is 54.9. The number of hydrogen-bond acceptors (Lipinski definition) is 9. The molecule has 1 saturated heterocycles. The molecule has 4 heterocycles. The number of anilines is 1. The second-order valence-corrected chi connectivity index (χ2v) is 9.20. The van der Waals surface area contributed by atoms with Crippen molar-refractivity contribution in [3.05, 3.63) is 57.1 Å². The van der Waals surface area contributed by atoms with Gasteiger partial charge in [0.05, 0.1) is 25.7 Å². The molecule has 1 fully saturated rings. The minimum atomic E-state index is -0.663. The van der Waals surface area contributed by atoms with Crippen LogP contribution < -0.4 is 21.9 Å². The van der Waals surface area contributed by atoms with Crippen LogP contribution in [0, 0.1) is 11.8 Å². The third-order valence-electron chi connectivity index (χ3n) is 6.68. The lowest BCUT2D eigenvalue weighted by Crippen LogP contribution is -2.44. The maximum absolute atomic E-state index is 13.9. The van der Waals surface area contributed by atoms with E-state index in [1.54, 1.807) is 23.8 Å². The first kappa shape index (κ1) is 25.2. The summed E-state index contributed by atoms with van der Waals surface area (Å²) in [5.74, 6) is 5.73. The maximum Gasteiger partial charge on any atom is 0.333 e. The third kappa shape index (κ3) is 4.64. The molecule has 0 saturated carbocycles. The van der Waals surface area contributed by atoms with Gasteiger partial charge >= 0.3 is 11.7 Å². The normalized spacial score (nSPS) is 15.4. The number of aromatic nitrogens is 6. The second kappa shape index (κ2) is 10.5. The Balaban J connectivity index is 1.74. The Hall–Kier alpha value is -4.50. The molecule has 0 spiro atoms. The van der Waals surface area contributed by atoms with E-state index in [0.29, 0.717) is 30.1 Å². The lowest BCUT2D eigenvalue weighted by molar-refractivity contribution is -0.141. The number of rotatable bonds is 6. The highest BCUT2D eigenvalue weighted by Crippen LogP contribution is 2.23. The summed E-state index contributed by atoms with van der Waals surface area (Å²) in [5, 5.41) is 0.836. The van der Waals surface area contributed by atoms with Gasteiger partial charge in [0.15, 0.2) is 11.2 Å². The van der Waals surface area contributed by atoms with Gasteiger partial charge in [-0.1, -0.05) is 18.1 Å². The number of methoxy groups -OCH3 is 1. The summed E-state index contributed by atoms with van der Waals surface area (Å²) in [7, 11) is 1.24. The lowest BCUT2D eigenvalue weighted by atomic mass is 10.1. The van der Waals surface area contributed by atoms with Gasteiger partial charge in [0.1, 0.15) is 12.9 Å². The molecule has 1 aliphatic heterocycles. The molecule has 196 valence electrons. The number of nitrogens with two attached hydrogens (primary N) is 1. The van der Waals surface area contributed by atoms with Gasteiger partial charge < -0.3 is 15.4 Å². The van der Waals surface area contributed by atoms with E-state index < -0.39 is 23.8 Å². The van der Waals surface area contributed by atoms with E-state index in [2.05, 4.69) is 21.8 Å². The van der Waals surface area contributed by atoms with Crippen LogP contribution in [-0.2, 0) is 29.2 Å². The molecule has 4 aromatic rings. The summed E-state index contributed by atoms with van der Waals surface area (Å²) in [6.45, 7) is 2.73. The van der Waals surface area contributed by atoms with E-state index in [1.165, 1.54) is 18.0 Å². The minimum absolute atomic E-state index is 0.0245. The fraction of sp³-hybridized carbons (Fsp3) is 0.385. The van der Waals surface area contributed by atoms with Crippen molar-refractivity contribution in [2.75, 3.05) is 25.1 Å². The van der Waals surface area contributed by atoms with Crippen LogP contribution in [0.5, 0.6) is 0 Å². The summed E-state index contributed by atoms with van der Waals surface area (Å²) in [6, 6.07) is 5.41. The number of fused-ring (bicyclic) bond motifs is 2. The Morgan fingerprint density at radius 2 is 2.08 bits per heavy atom. The smallest absolute Gasteiger partial charge is 0.333 e. The monoisotopic (exact) mass is 516 g/mol. The Bertz CT molecular complexity index is 1710. The average molecular weight is 517 g/mol. The molecule has 1 aliphatic rings. The van der Waals surface area contributed by atoms with Crippen LogP contribution in [-0.4, -0.2) is 60.9 Å². The predicted octanol–water partition coefficient (Wildman–Crippen LogP) is 0.475. The number of carbonyl (C=O) groups is 1. The molecule has 12 nitrogen and oxygen atoms in total. The zero-order valence-electron chi connectivity index (χ0n) is 21.3. The topological polar surface area (TPSA) is 143 Å². The number of ether oxygens (including phenoxy) is 1. The quantitative estimate of drug-likeness (QED) is 0.286. The van der Waals surface area contributed by atoms with Crippen molar-refractivity contribution >= 4 is 34.0 Å². The molecule has 12 heteroatoms. The van der Waals surface area contributed by atoms with Crippen molar-refractivity contribution in [1.82, 2.24) is 28.7 Å². The minimum Gasteiger partial charge on any atom is -0.468 e. The molecule has 3 aromatic heterocycles. The molecule has 0 amide bonds. The van der Waals surface area contributed by atoms with Crippen LogP contribution in [0.15, 0.2) is 40.3 Å². The van der Waals surface area contributed by atoms with Gasteiger partial charge in [-0.2, -0.15) is 4.98 Å². The van der Waals surface area contributed by atoms with E-state index in [0.717, 1.165) is 22.8 Å². The van der Waals surface area contributed by atoms with Gasteiger partial charge in [-0.3, -0.25) is 23.3 Å². The van der Waals surface area contributed by atoms with Crippen LogP contribution in [0.1, 0.15) is 25.3 Å². The van der Waals surface area contributed by atoms with Crippen molar-refractivity contribution in [3.63, 3.8) is 0 Å². The van der Waals surface area contributed by atoms with E-state index in [-0.39, 0.29) is 30.3 Å². The molecule has 1 atom stereocenters. The van der Waals surface area contributed by atoms with Crippen LogP contribution >= 0.6 is 0 Å². The highest BCUT2D eigenvalue weighted by molar-refractivity contribution is 5.79. The fourth-order valence-corrected chi connectivity index (χ4v) is 4.80. The Labute approximate surface area is 217 Å². The number of imidazole rings is 1. The van der Waals surface area contributed by atoms with Gasteiger partial charge in [0.25, 0.3) is 5.56 Å². The molecular formula is C26H28N8O4.